The third-order valence-electron chi connectivity index (χ3n) is 2.79. The van der Waals surface area contributed by atoms with Crippen molar-refractivity contribution in [1.29, 1.82) is 0 Å². The number of carbonyl (C=O) groups is 1. The highest BCUT2D eigenvalue weighted by atomic mass is 28.3. The number of piperidine rings is 1. The Labute approximate surface area is 80.8 Å². The van der Waals surface area contributed by atoms with Crippen LogP contribution in [0.5, 0.6) is 0 Å². The lowest BCUT2D eigenvalue weighted by molar-refractivity contribution is -0.143. The van der Waals surface area contributed by atoms with Gasteiger partial charge in [-0.15, -0.1) is 0 Å². The average Bonchev–Trinajstić information content (AvgIpc) is 2.03. The fourth-order valence-corrected chi connectivity index (χ4v) is 3.40. The summed E-state index contributed by atoms with van der Waals surface area (Å²) in [6.45, 7) is 8.90. The first-order valence-electron chi connectivity index (χ1n) is 4.89. The minimum absolute atomic E-state index is 0.0902. The monoisotopic (exact) mass is 201 g/mol. The minimum atomic E-state index is -1.18. The van der Waals surface area contributed by atoms with Gasteiger partial charge < -0.3 is 9.67 Å². The van der Waals surface area contributed by atoms with E-state index in [1.54, 1.807) is 0 Å². The summed E-state index contributed by atoms with van der Waals surface area (Å²) in [5.74, 6) is -0.706. The molecule has 0 aromatic carbocycles. The van der Waals surface area contributed by atoms with E-state index in [0.29, 0.717) is 0 Å². The topological polar surface area (TPSA) is 40.5 Å². The minimum Gasteiger partial charge on any atom is -0.481 e. The van der Waals surface area contributed by atoms with Gasteiger partial charge in [0.1, 0.15) is 8.24 Å². The van der Waals surface area contributed by atoms with Gasteiger partial charge in [0.05, 0.1) is 5.92 Å². The molecule has 0 aromatic heterocycles. The molecule has 3 nitrogen and oxygen atoms in total. The average molecular weight is 201 g/mol. The molecule has 1 rings (SSSR count). The van der Waals surface area contributed by atoms with Gasteiger partial charge in [0, 0.05) is 0 Å². The first kappa shape index (κ1) is 10.7. The van der Waals surface area contributed by atoms with Crippen LogP contribution >= 0.6 is 0 Å². The van der Waals surface area contributed by atoms with E-state index in [-0.39, 0.29) is 5.92 Å². The van der Waals surface area contributed by atoms with E-state index in [2.05, 4.69) is 24.2 Å². The summed E-state index contributed by atoms with van der Waals surface area (Å²) in [5.41, 5.74) is 0. The first-order chi connectivity index (χ1) is 5.91. The zero-order valence-electron chi connectivity index (χ0n) is 8.71. The summed E-state index contributed by atoms with van der Waals surface area (Å²) in [5, 5.41) is 8.82. The second-order valence-corrected chi connectivity index (χ2v) is 9.74. The van der Waals surface area contributed by atoms with E-state index in [9.17, 15) is 4.79 Å². The van der Waals surface area contributed by atoms with Crippen molar-refractivity contribution < 1.29 is 9.90 Å². The number of nitrogens with zero attached hydrogens (tertiary/aromatic N) is 1. The predicted molar refractivity (Wildman–Crippen MR) is 55.3 cm³/mol. The highest BCUT2D eigenvalue weighted by molar-refractivity contribution is 6.73. The van der Waals surface area contributed by atoms with Crippen LogP contribution < -0.4 is 0 Å². The van der Waals surface area contributed by atoms with E-state index in [1.165, 1.54) is 0 Å². The van der Waals surface area contributed by atoms with Crippen molar-refractivity contribution in [2.75, 3.05) is 13.1 Å². The molecule has 4 heteroatoms. The largest absolute Gasteiger partial charge is 0.481 e. The molecular formula is C9H19NO2Si. The fourth-order valence-electron chi connectivity index (χ4n) is 1.80. The molecule has 0 saturated carbocycles. The summed E-state index contributed by atoms with van der Waals surface area (Å²) in [4.78, 5) is 10.7. The SMILES string of the molecule is C[Si](C)(C)N1CCC(C(=O)O)CC1. The second-order valence-electron chi connectivity index (χ2n) is 4.77. The van der Waals surface area contributed by atoms with Gasteiger partial charge in [-0.25, -0.2) is 0 Å². The van der Waals surface area contributed by atoms with E-state index < -0.39 is 14.2 Å². The number of rotatable bonds is 2. The van der Waals surface area contributed by atoms with Crippen molar-refractivity contribution >= 4 is 14.2 Å². The van der Waals surface area contributed by atoms with Crippen LogP contribution in [0, 0.1) is 5.92 Å². The van der Waals surface area contributed by atoms with Crippen LogP contribution in [0.25, 0.3) is 0 Å². The maximum absolute atomic E-state index is 10.7. The summed E-state index contributed by atoms with van der Waals surface area (Å²) in [6.07, 6.45) is 1.67. The molecule has 0 atom stereocenters. The molecule has 0 bridgehead atoms. The maximum atomic E-state index is 10.7. The predicted octanol–water partition coefficient (Wildman–Crippen LogP) is 1.62. The number of hydrogen-bond acceptors (Lipinski definition) is 2. The fraction of sp³-hybridized carbons (Fsp3) is 0.889. The van der Waals surface area contributed by atoms with E-state index >= 15 is 0 Å². The highest BCUT2D eigenvalue weighted by Gasteiger charge is 2.30. The van der Waals surface area contributed by atoms with E-state index in [4.69, 9.17) is 5.11 Å². The Hall–Kier alpha value is -0.353. The van der Waals surface area contributed by atoms with Gasteiger partial charge in [0.25, 0.3) is 0 Å². The molecule has 13 heavy (non-hydrogen) atoms. The molecule has 1 fully saturated rings. The van der Waals surface area contributed by atoms with Crippen molar-refractivity contribution in [1.82, 2.24) is 4.57 Å². The Balaban J connectivity index is 2.44. The Kier molecular flexibility index (Phi) is 3.13. The lowest BCUT2D eigenvalue weighted by atomic mass is 9.99. The zero-order valence-corrected chi connectivity index (χ0v) is 9.71. The van der Waals surface area contributed by atoms with Crippen LogP contribution in [0.3, 0.4) is 0 Å². The standard InChI is InChI=1S/C9H19NO2Si/c1-13(2,3)10-6-4-8(5-7-10)9(11)12/h8H,4-7H2,1-3H3,(H,11,12). The lowest BCUT2D eigenvalue weighted by Gasteiger charge is -2.38. The van der Waals surface area contributed by atoms with Gasteiger partial charge in [-0.2, -0.15) is 0 Å². The maximum Gasteiger partial charge on any atom is 0.306 e. The second kappa shape index (κ2) is 3.80. The normalized spacial score (nSPS) is 21.8. The first-order valence-corrected chi connectivity index (χ1v) is 8.34. The highest BCUT2D eigenvalue weighted by Crippen LogP contribution is 2.21. The van der Waals surface area contributed by atoms with Crippen molar-refractivity contribution in [3.05, 3.63) is 0 Å². The van der Waals surface area contributed by atoms with E-state index in [0.717, 1.165) is 25.9 Å². The molecular weight excluding hydrogens is 182 g/mol. The van der Waals surface area contributed by atoms with Crippen molar-refractivity contribution in [2.45, 2.75) is 32.5 Å². The quantitative estimate of drug-likeness (QED) is 0.690. The smallest absolute Gasteiger partial charge is 0.306 e. The summed E-state index contributed by atoms with van der Waals surface area (Å²) in [7, 11) is -1.18. The molecule has 0 unspecified atom stereocenters. The van der Waals surface area contributed by atoms with Crippen molar-refractivity contribution in [3.8, 4) is 0 Å². The number of carboxylic acids is 1. The molecule has 0 aliphatic carbocycles. The van der Waals surface area contributed by atoms with Crippen LogP contribution in [-0.4, -0.2) is 37.0 Å². The third kappa shape index (κ3) is 2.81. The van der Waals surface area contributed by atoms with Crippen LogP contribution in [0.2, 0.25) is 19.6 Å². The molecule has 1 heterocycles. The Morgan fingerprint density at radius 1 is 1.31 bits per heavy atom. The number of aliphatic carboxylic acids is 1. The molecule has 76 valence electrons. The van der Waals surface area contributed by atoms with Crippen molar-refractivity contribution in [3.63, 3.8) is 0 Å². The van der Waals surface area contributed by atoms with Gasteiger partial charge in [-0.1, -0.05) is 19.6 Å². The van der Waals surface area contributed by atoms with Gasteiger partial charge in [0.15, 0.2) is 0 Å². The molecule has 0 amide bonds. The lowest BCUT2D eigenvalue weighted by Crippen LogP contribution is -2.50. The van der Waals surface area contributed by atoms with Gasteiger partial charge >= 0.3 is 5.97 Å². The summed E-state index contributed by atoms with van der Waals surface area (Å²) >= 11 is 0. The van der Waals surface area contributed by atoms with Gasteiger partial charge in [-0.3, -0.25) is 4.79 Å². The number of hydrogen-bond donors (Lipinski definition) is 1. The molecule has 0 radical (unpaired) electrons. The number of carboxylic acid groups (broad SMARTS) is 1. The van der Waals surface area contributed by atoms with Gasteiger partial charge in [-0.05, 0) is 25.9 Å². The van der Waals surface area contributed by atoms with Crippen LogP contribution in [0.4, 0.5) is 0 Å². The summed E-state index contributed by atoms with van der Waals surface area (Å²) < 4.78 is 2.49. The van der Waals surface area contributed by atoms with Gasteiger partial charge in [0.2, 0.25) is 0 Å². The Morgan fingerprint density at radius 2 is 1.77 bits per heavy atom. The van der Waals surface area contributed by atoms with Crippen LogP contribution in [-0.2, 0) is 4.79 Å². The third-order valence-corrected chi connectivity index (χ3v) is 5.14. The summed E-state index contributed by atoms with van der Waals surface area (Å²) in [6, 6.07) is 0. The molecule has 1 aliphatic heterocycles. The van der Waals surface area contributed by atoms with Crippen LogP contribution in [0.15, 0.2) is 0 Å². The van der Waals surface area contributed by atoms with Crippen molar-refractivity contribution in [2.24, 2.45) is 5.92 Å². The molecule has 1 N–H and O–H groups in total. The van der Waals surface area contributed by atoms with Crippen LogP contribution in [0.1, 0.15) is 12.8 Å². The molecule has 1 saturated heterocycles. The molecule has 0 aromatic rings. The molecule has 1 aliphatic rings. The zero-order chi connectivity index (χ0) is 10.1. The molecule has 0 spiro atoms. The Bertz CT molecular complexity index is 192. The van der Waals surface area contributed by atoms with E-state index in [1.807, 2.05) is 0 Å². The Morgan fingerprint density at radius 3 is 2.08 bits per heavy atom.